The highest BCUT2D eigenvalue weighted by molar-refractivity contribution is 5.93. The summed E-state index contributed by atoms with van der Waals surface area (Å²) in [4.78, 5) is 37.0. The second-order valence-electron chi connectivity index (χ2n) is 10.3. The Hall–Kier alpha value is -1.19. The molecule has 3 unspecified atom stereocenters. The minimum Gasteiger partial charge on any atom is -0.463 e. The van der Waals surface area contributed by atoms with E-state index in [1.165, 1.54) is 13.3 Å². The number of carbonyl (C=O) groups excluding carboxylic acids is 3. The van der Waals surface area contributed by atoms with Crippen LogP contribution in [0.2, 0.25) is 0 Å². The fourth-order valence-electron chi connectivity index (χ4n) is 7.92. The second kappa shape index (κ2) is 6.42. The van der Waals surface area contributed by atoms with Gasteiger partial charge in [-0.25, -0.2) is 0 Å². The van der Waals surface area contributed by atoms with Crippen molar-refractivity contribution in [3.05, 3.63) is 0 Å². The molecule has 4 fully saturated rings. The lowest BCUT2D eigenvalue weighted by Crippen LogP contribution is -2.57. The molecule has 4 rings (SSSR count). The van der Waals surface area contributed by atoms with Crippen molar-refractivity contribution in [2.75, 3.05) is 0 Å². The van der Waals surface area contributed by atoms with Crippen LogP contribution in [0, 0.1) is 40.4 Å². The van der Waals surface area contributed by atoms with Gasteiger partial charge >= 0.3 is 5.97 Å². The Kier molecular flexibility index (Phi) is 4.55. The van der Waals surface area contributed by atoms with Crippen LogP contribution in [-0.4, -0.2) is 23.6 Å². The van der Waals surface area contributed by atoms with Crippen LogP contribution in [0.5, 0.6) is 0 Å². The Morgan fingerprint density at radius 1 is 1.00 bits per heavy atom. The Morgan fingerprint density at radius 3 is 2.41 bits per heavy atom. The molecule has 0 aromatic heterocycles. The van der Waals surface area contributed by atoms with E-state index in [1.54, 1.807) is 6.92 Å². The zero-order valence-electron chi connectivity index (χ0n) is 17.3. The van der Waals surface area contributed by atoms with Crippen molar-refractivity contribution in [2.45, 2.75) is 85.2 Å². The molecule has 4 nitrogen and oxygen atoms in total. The van der Waals surface area contributed by atoms with Gasteiger partial charge in [0.05, 0.1) is 0 Å². The Balaban J connectivity index is 1.59. The van der Waals surface area contributed by atoms with Crippen molar-refractivity contribution in [3.8, 4) is 0 Å². The molecule has 0 spiro atoms. The highest BCUT2D eigenvalue weighted by Crippen LogP contribution is 2.66. The topological polar surface area (TPSA) is 60.4 Å². The normalized spacial score (nSPS) is 49.0. The molecule has 4 heteroatoms. The first-order chi connectivity index (χ1) is 12.7. The molecule has 27 heavy (non-hydrogen) atoms. The molecule has 0 bridgehead atoms. The third kappa shape index (κ3) is 2.73. The van der Waals surface area contributed by atoms with Crippen LogP contribution >= 0.6 is 0 Å². The molecule has 0 radical (unpaired) electrons. The summed E-state index contributed by atoms with van der Waals surface area (Å²) in [5.41, 5.74) is -0.254. The number of rotatable bonds is 2. The molecular formula is C23H34O4. The van der Waals surface area contributed by atoms with Gasteiger partial charge in [-0.05, 0) is 81.0 Å². The molecule has 4 aliphatic carbocycles. The minimum absolute atomic E-state index is 0.0512. The fourth-order valence-corrected chi connectivity index (χ4v) is 7.92. The zero-order chi connectivity index (χ0) is 19.6. The predicted molar refractivity (Wildman–Crippen MR) is 102 cm³/mol. The number of hydrogen-bond donors (Lipinski definition) is 0. The number of ketones is 2. The molecule has 4 aliphatic rings. The smallest absolute Gasteiger partial charge is 0.302 e. The number of Topliss-reactive ketones (excluding diaryl/α,β-unsaturated/α-hetero) is 2. The Morgan fingerprint density at radius 2 is 1.74 bits per heavy atom. The molecular weight excluding hydrogens is 340 g/mol. The van der Waals surface area contributed by atoms with E-state index in [0.717, 1.165) is 38.5 Å². The van der Waals surface area contributed by atoms with Crippen molar-refractivity contribution >= 4 is 17.5 Å². The molecule has 0 aliphatic heterocycles. The maximum Gasteiger partial charge on any atom is 0.302 e. The fraction of sp³-hybridized carbons (Fsp3) is 0.870. The first-order valence-corrected chi connectivity index (χ1v) is 10.9. The summed E-state index contributed by atoms with van der Waals surface area (Å²) in [6, 6.07) is 0. The second-order valence-corrected chi connectivity index (χ2v) is 10.3. The van der Waals surface area contributed by atoms with Gasteiger partial charge in [0.1, 0.15) is 17.7 Å². The van der Waals surface area contributed by atoms with E-state index in [1.807, 2.05) is 0 Å². The minimum atomic E-state index is -0.425. The average molecular weight is 375 g/mol. The van der Waals surface area contributed by atoms with Gasteiger partial charge in [0.25, 0.3) is 0 Å². The van der Waals surface area contributed by atoms with Crippen LogP contribution in [-0.2, 0) is 19.1 Å². The Labute approximate surface area is 162 Å². The first kappa shape index (κ1) is 19.1. The summed E-state index contributed by atoms with van der Waals surface area (Å²) >= 11 is 0. The summed E-state index contributed by atoms with van der Waals surface area (Å²) < 4.78 is 5.52. The third-order valence-electron chi connectivity index (χ3n) is 9.30. The van der Waals surface area contributed by atoms with Gasteiger partial charge in [0, 0.05) is 24.7 Å². The van der Waals surface area contributed by atoms with Gasteiger partial charge in [-0.3, -0.25) is 14.4 Å². The molecule has 150 valence electrons. The Bertz CT molecular complexity index is 669. The average Bonchev–Trinajstić information content (AvgIpc) is 2.95. The van der Waals surface area contributed by atoms with Crippen LogP contribution in [0.1, 0.15) is 79.1 Å². The van der Waals surface area contributed by atoms with Crippen LogP contribution in [0.3, 0.4) is 0 Å². The summed E-state index contributed by atoms with van der Waals surface area (Å²) in [6.45, 7) is 7.66. The van der Waals surface area contributed by atoms with Gasteiger partial charge in [-0.2, -0.15) is 0 Å². The summed E-state index contributed by atoms with van der Waals surface area (Å²) in [7, 11) is 0. The standard InChI is InChI=1S/C23H34O4/c1-13(24)18-7-8-19-17-6-5-15-11-16(27-14(2)25)9-10-22(15,3)20(17)12-21(26)23(18,19)4/h15-20H,5-12H2,1-4H3/t15-,16-,17?,18+,19?,20?,22-,23+/m0/s1. The van der Waals surface area contributed by atoms with Crippen LogP contribution in [0.4, 0.5) is 0 Å². The first-order valence-electron chi connectivity index (χ1n) is 10.9. The molecule has 0 aromatic rings. The van der Waals surface area contributed by atoms with E-state index >= 15 is 0 Å². The molecule has 0 saturated heterocycles. The summed E-state index contributed by atoms with van der Waals surface area (Å²) in [6.07, 6.45) is 7.86. The van der Waals surface area contributed by atoms with E-state index < -0.39 is 5.41 Å². The largest absolute Gasteiger partial charge is 0.463 e. The highest BCUT2D eigenvalue weighted by Gasteiger charge is 2.64. The molecule has 0 N–H and O–H groups in total. The lowest BCUT2D eigenvalue weighted by molar-refractivity contribution is -0.167. The van der Waals surface area contributed by atoms with Crippen LogP contribution in [0.15, 0.2) is 0 Å². The van der Waals surface area contributed by atoms with Gasteiger partial charge in [-0.15, -0.1) is 0 Å². The summed E-state index contributed by atoms with van der Waals surface area (Å²) in [5.74, 6) is 2.22. The van der Waals surface area contributed by atoms with E-state index in [4.69, 9.17) is 4.74 Å². The maximum absolute atomic E-state index is 13.4. The SMILES string of the molecule is CC(=O)O[C@H]1CC[C@]2(C)C3CC(=O)[C@@]4(C)C(CC[C@@H]4C(C)=O)C3CC[C@H]2C1. The monoisotopic (exact) mass is 374 g/mol. The predicted octanol–water partition coefficient (Wildman–Crippen LogP) is 4.35. The lowest BCUT2D eigenvalue weighted by Gasteiger charge is -2.60. The number of ether oxygens (including phenoxy) is 1. The maximum atomic E-state index is 13.4. The van der Waals surface area contributed by atoms with Gasteiger partial charge in [0.2, 0.25) is 0 Å². The van der Waals surface area contributed by atoms with E-state index in [9.17, 15) is 14.4 Å². The van der Waals surface area contributed by atoms with Crippen molar-refractivity contribution in [1.29, 1.82) is 0 Å². The van der Waals surface area contributed by atoms with Gasteiger partial charge in [0.15, 0.2) is 0 Å². The number of hydrogen-bond acceptors (Lipinski definition) is 4. The van der Waals surface area contributed by atoms with E-state index in [0.29, 0.717) is 35.9 Å². The van der Waals surface area contributed by atoms with Gasteiger partial charge in [-0.1, -0.05) is 13.8 Å². The zero-order valence-corrected chi connectivity index (χ0v) is 17.3. The lowest BCUT2D eigenvalue weighted by atomic mass is 9.44. The number of carbonyl (C=O) groups is 3. The molecule has 0 aromatic carbocycles. The third-order valence-corrected chi connectivity index (χ3v) is 9.30. The van der Waals surface area contributed by atoms with Crippen molar-refractivity contribution < 1.29 is 19.1 Å². The van der Waals surface area contributed by atoms with E-state index in [2.05, 4.69) is 13.8 Å². The van der Waals surface area contributed by atoms with Crippen molar-refractivity contribution in [3.63, 3.8) is 0 Å². The quantitative estimate of drug-likeness (QED) is 0.675. The van der Waals surface area contributed by atoms with Crippen LogP contribution in [0.25, 0.3) is 0 Å². The van der Waals surface area contributed by atoms with Crippen molar-refractivity contribution in [2.24, 2.45) is 40.4 Å². The van der Waals surface area contributed by atoms with E-state index in [-0.39, 0.29) is 29.2 Å². The van der Waals surface area contributed by atoms with Gasteiger partial charge < -0.3 is 4.74 Å². The van der Waals surface area contributed by atoms with Crippen LogP contribution < -0.4 is 0 Å². The molecule has 8 atom stereocenters. The molecule has 4 saturated carbocycles. The summed E-state index contributed by atoms with van der Waals surface area (Å²) in [5, 5.41) is 0. The number of esters is 1. The van der Waals surface area contributed by atoms with Crippen molar-refractivity contribution in [1.82, 2.24) is 0 Å². The highest BCUT2D eigenvalue weighted by atomic mass is 16.5. The number of fused-ring (bicyclic) bond motifs is 5. The molecule has 0 heterocycles. The molecule has 0 amide bonds.